The van der Waals surface area contributed by atoms with Crippen LogP contribution >= 0.6 is 0 Å². The van der Waals surface area contributed by atoms with Crippen LogP contribution in [0.4, 0.5) is 22.7 Å². The number of nitrogens with one attached hydrogen (secondary N) is 4. The number of fused-ring (bicyclic) bond motifs is 4. The molecular formula is C45H48N8O4. The minimum atomic E-state index is -0.129. The van der Waals surface area contributed by atoms with Gasteiger partial charge in [-0.25, -0.2) is 0 Å². The summed E-state index contributed by atoms with van der Waals surface area (Å²) in [5.41, 5.74) is 6.28. The van der Waals surface area contributed by atoms with Crippen LogP contribution in [0.2, 0.25) is 0 Å². The van der Waals surface area contributed by atoms with Crippen molar-refractivity contribution in [2.75, 3.05) is 88.0 Å². The van der Waals surface area contributed by atoms with Gasteiger partial charge in [0, 0.05) is 123 Å². The van der Waals surface area contributed by atoms with Crippen molar-refractivity contribution in [1.29, 1.82) is 0 Å². The van der Waals surface area contributed by atoms with Crippen LogP contribution in [0.3, 0.4) is 0 Å². The van der Waals surface area contributed by atoms with Crippen LogP contribution in [0, 0.1) is 0 Å². The van der Waals surface area contributed by atoms with E-state index in [0.717, 1.165) is 58.8 Å². The van der Waals surface area contributed by atoms with Crippen molar-refractivity contribution in [1.82, 2.24) is 19.6 Å². The molecule has 0 spiro atoms. The Kier molecular flexibility index (Phi) is 10.7. The molecule has 0 saturated heterocycles. The molecule has 4 aliphatic rings. The highest BCUT2D eigenvalue weighted by Gasteiger charge is 2.35. The molecule has 0 amide bonds. The number of nitrogens with zero attached hydrogens (tertiary/aromatic N) is 4. The molecule has 2 heterocycles. The Hall–Kier alpha value is -6.56. The Balaban J connectivity index is 0.737. The first kappa shape index (κ1) is 37.4. The molecule has 0 fully saturated rings. The molecular weight excluding hydrogens is 717 g/mol. The zero-order valence-corrected chi connectivity index (χ0v) is 32.4. The van der Waals surface area contributed by atoms with E-state index in [1.807, 2.05) is 24.3 Å². The van der Waals surface area contributed by atoms with E-state index in [1.54, 1.807) is 62.6 Å². The van der Waals surface area contributed by atoms with Crippen molar-refractivity contribution in [2.24, 2.45) is 0 Å². The molecule has 12 heteroatoms. The normalized spacial score (nSPS) is 15.2. The quantitative estimate of drug-likeness (QED) is 0.0850. The third kappa shape index (κ3) is 7.30. The molecule has 0 aromatic heterocycles. The molecule has 0 radical (unpaired) electrons. The van der Waals surface area contributed by atoms with Gasteiger partial charge < -0.3 is 40.9 Å². The summed E-state index contributed by atoms with van der Waals surface area (Å²) in [6.07, 6.45) is 11.4. The summed E-state index contributed by atoms with van der Waals surface area (Å²) in [6, 6.07) is 21.6. The van der Waals surface area contributed by atoms with Crippen molar-refractivity contribution in [3.63, 3.8) is 0 Å². The summed E-state index contributed by atoms with van der Waals surface area (Å²) in [6.45, 7) is 6.71. The first-order chi connectivity index (χ1) is 27.9. The predicted octanol–water partition coefficient (Wildman–Crippen LogP) is 6.11. The second-order valence-corrected chi connectivity index (χ2v) is 14.8. The van der Waals surface area contributed by atoms with Gasteiger partial charge in [0.2, 0.25) is 0 Å². The summed E-state index contributed by atoms with van der Waals surface area (Å²) in [4.78, 5) is 63.1. The Bertz CT molecular complexity index is 2140. The minimum absolute atomic E-state index is 0.125. The lowest BCUT2D eigenvalue weighted by Crippen LogP contribution is -2.31. The Labute approximate surface area is 333 Å². The zero-order valence-electron chi connectivity index (χ0n) is 32.4. The van der Waals surface area contributed by atoms with Gasteiger partial charge in [-0.05, 0) is 43.5 Å². The highest BCUT2D eigenvalue weighted by atomic mass is 16.1. The average molecular weight is 765 g/mol. The minimum Gasteiger partial charge on any atom is -0.388 e. The number of hydrogen-bond donors (Lipinski definition) is 4. The van der Waals surface area contributed by atoms with Gasteiger partial charge in [0.1, 0.15) is 0 Å². The SMILES string of the molecule is CNc1ccc(NCCCN2C=CN(CCCN3C=CN(CCCNc4ccc(NC)c5c4C(=O)c4ccccc4C5=O)C3)C2)c2c1C(=O)c1ccccc1C2=O. The largest absolute Gasteiger partial charge is 0.388 e. The summed E-state index contributed by atoms with van der Waals surface area (Å²) in [5, 5.41) is 13.1. The van der Waals surface area contributed by atoms with Crippen LogP contribution in [0.15, 0.2) is 97.6 Å². The van der Waals surface area contributed by atoms with Crippen LogP contribution in [-0.2, 0) is 0 Å². The van der Waals surface area contributed by atoms with E-state index >= 15 is 0 Å². The van der Waals surface area contributed by atoms with E-state index in [0.29, 0.717) is 80.3 Å². The van der Waals surface area contributed by atoms with Crippen LogP contribution in [0.1, 0.15) is 82.9 Å². The summed E-state index contributed by atoms with van der Waals surface area (Å²) in [5.74, 6) is -0.508. The summed E-state index contributed by atoms with van der Waals surface area (Å²) >= 11 is 0. The lowest BCUT2D eigenvalue weighted by molar-refractivity contribution is 0.0980. The van der Waals surface area contributed by atoms with E-state index in [9.17, 15) is 19.2 Å². The van der Waals surface area contributed by atoms with Crippen molar-refractivity contribution < 1.29 is 19.2 Å². The highest BCUT2D eigenvalue weighted by Crippen LogP contribution is 2.38. The molecule has 4 aromatic rings. The molecule has 2 aliphatic carbocycles. The number of carbonyl (C=O) groups is 4. The molecule has 292 valence electrons. The molecule has 0 bridgehead atoms. The monoisotopic (exact) mass is 764 g/mol. The Morgan fingerprint density at radius 3 is 1.05 bits per heavy atom. The Morgan fingerprint density at radius 2 is 0.719 bits per heavy atom. The fourth-order valence-electron chi connectivity index (χ4n) is 8.26. The summed E-state index contributed by atoms with van der Waals surface area (Å²) in [7, 11) is 3.53. The number of benzene rings is 4. The number of anilines is 4. The second-order valence-electron chi connectivity index (χ2n) is 14.8. The lowest BCUT2D eigenvalue weighted by Gasteiger charge is -2.25. The highest BCUT2D eigenvalue weighted by molar-refractivity contribution is 6.33. The first-order valence-electron chi connectivity index (χ1n) is 19.7. The molecule has 0 atom stereocenters. The lowest BCUT2D eigenvalue weighted by atomic mass is 9.82. The van der Waals surface area contributed by atoms with Gasteiger partial charge in [-0.15, -0.1) is 0 Å². The smallest absolute Gasteiger partial charge is 0.196 e. The van der Waals surface area contributed by atoms with E-state index in [-0.39, 0.29) is 23.1 Å². The fraction of sp³-hybridized carbons (Fsp3) is 0.289. The van der Waals surface area contributed by atoms with Crippen molar-refractivity contribution in [3.05, 3.63) is 142 Å². The predicted molar refractivity (Wildman–Crippen MR) is 224 cm³/mol. The standard InChI is InChI=1S/C45H48N8O4/c1-46-34-14-16-36(40-38(34)42(54)30-10-3-5-12-32(30)44(40)56)48-18-7-20-50-24-26-52(28-50)22-9-23-53-27-25-51(29-53)21-8-19-49-37-17-15-35(47-2)39-41(37)45(57)33-13-6-4-11-31(33)43(39)55/h3-6,10-17,24-27,46-49H,7-9,18-23,28-29H2,1-2H3. The third-order valence-corrected chi connectivity index (χ3v) is 11.2. The van der Waals surface area contributed by atoms with Crippen molar-refractivity contribution >= 4 is 45.9 Å². The van der Waals surface area contributed by atoms with Gasteiger partial charge in [-0.1, -0.05) is 48.5 Å². The van der Waals surface area contributed by atoms with Crippen molar-refractivity contribution in [2.45, 2.75) is 19.3 Å². The average Bonchev–Trinajstić information content (AvgIpc) is 3.91. The fourth-order valence-corrected chi connectivity index (χ4v) is 8.26. The van der Waals surface area contributed by atoms with Crippen molar-refractivity contribution in [3.8, 4) is 0 Å². The third-order valence-electron chi connectivity index (χ3n) is 11.2. The number of rotatable bonds is 16. The number of ketones is 4. The maximum absolute atomic E-state index is 13.5. The molecule has 2 aliphatic heterocycles. The Morgan fingerprint density at radius 1 is 0.421 bits per heavy atom. The maximum Gasteiger partial charge on any atom is 0.196 e. The van der Waals surface area contributed by atoms with Gasteiger partial charge in [0.25, 0.3) is 0 Å². The summed E-state index contributed by atoms with van der Waals surface area (Å²) < 4.78 is 0. The molecule has 12 nitrogen and oxygen atoms in total. The van der Waals surface area contributed by atoms with Gasteiger partial charge in [0.15, 0.2) is 23.1 Å². The van der Waals surface area contributed by atoms with Crippen LogP contribution in [-0.4, -0.2) is 109 Å². The zero-order chi connectivity index (χ0) is 39.5. The molecule has 0 unspecified atom stereocenters. The maximum atomic E-state index is 13.5. The van der Waals surface area contributed by atoms with Gasteiger partial charge in [-0.2, -0.15) is 0 Å². The topological polar surface area (TPSA) is 129 Å². The molecule has 4 N–H and O–H groups in total. The number of carbonyl (C=O) groups excluding carboxylic acids is 4. The van der Waals surface area contributed by atoms with Gasteiger partial charge >= 0.3 is 0 Å². The molecule has 0 saturated carbocycles. The van der Waals surface area contributed by atoms with E-state index in [4.69, 9.17) is 0 Å². The van der Waals surface area contributed by atoms with Crippen LogP contribution < -0.4 is 21.3 Å². The van der Waals surface area contributed by atoms with E-state index in [2.05, 4.69) is 65.7 Å². The van der Waals surface area contributed by atoms with Crippen LogP contribution in [0.25, 0.3) is 0 Å². The van der Waals surface area contributed by atoms with E-state index in [1.165, 1.54) is 0 Å². The van der Waals surface area contributed by atoms with E-state index < -0.39 is 0 Å². The first-order valence-corrected chi connectivity index (χ1v) is 19.7. The van der Waals surface area contributed by atoms with Crippen LogP contribution in [0.5, 0.6) is 0 Å². The molecule has 8 rings (SSSR count). The molecule has 4 aromatic carbocycles. The number of hydrogen-bond acceptors (Lipinski definition) is 12. The second kappa shape index (κ2) is 16.3. The molecule has 57 heavy (non-hydrogen) atoms. The van der Waals surface area contributed by atoms with Gasteiger partial charge in [-0.3, -0.25) is 19.2 Å². The van der Waals surface area contributed by atoms with Gasteiger partial charge in [0.05, 0.1) is 35.6 Å².